The summed E-state index contributed by atoms with van der Waals surface area (Å²) in [5.41, 5.74) is 0. The van der Waals surface area contributed by atoms with E-state index in [1.165, 1.54) is 103 Å². The predicted molar refractivity (Wildman–Crippen MR) is 340 cm³/mol. The van der Waals surface area contributed by atoms with Crippen molar-refractivity contribution < 1.29 is 139 Å². The Bertz CT molecular complexity index is 2110. The Balaban J connectivity index is 1.20. The lowest BCUT2D eigenvalue weighted by molar-refractivity contribution is -0.389. The molecule has 0 saturated carbocycles. The van der Waals surface area contributed by atoms with Gasteiger partial charge in [0, 0.05) is 13.3 Å². The number of carbonyl (C=O) groups excluding carboxylic acids is 2. The van der Waals surface area contributed by atoms with Gasteiger partial charge in [0.05, 0.1) is 51.8 Å². The van der Waals surface area contributed by atoms with Crippen molar-refractivity contribution in [1.82, 2.24) is 10.6 Å². The maximum absolute atomic E-state index is 13.4. The Morgan fingerprint density at radius 3 is 1.24 bits per heavy atom. The second-order valence-corrected chi connectivity index (χ2v) is 26.4. The molecule has 0 aromatic carbocycles. The van der Waals surface area contributed by atoms with Gasteiger partial charge in [0.2, 0.25) is 11.8 Å². The molecule has 0 aromatic heterocycles. The molecule has 30 nitrogen and oxygen atoms in total. The van der Waals surface area contributed by atoms with Gasteiger partial charge >= 0.3 is 0 Å². The van der Waals surface area contributed by atoms with Gasteiger partial charge in [0.25, 0.3) is 0 Å². The topological polar surface area (TPSA) is 474 Å². The number of aliphatic hydroxyl groups is 16. The van der Waals surface area contributed by atoms with Gasteiger partial charge < -0.3 is 140 Å². The molecule has 2 amide bonds. The summed E-state index contributed by atoms with van der Waals surface area (Å²) in [6.07, 6.45) is -14.1. The molecular formula is C66H120N2O28. The van der Waals surface area contributed by atoms with Gasteiger partial charge in [-0.25, -0.2) is 0 Å². The molecule has 0 aliphatic carbocycles. The van der Waals surface area contributed by atoms with Crippen LogP contribution in [0.3, 0.4) is 0 Å². The average molecular weight is 1390 g/mol. The van der Waals surface area contributed by atoms with Crippen LogP contribution in [0.1, 0.15) is 188 Å². The zero-order valence-corrected chi connectivity index (χ0v) is 56.4. The summed E-state index contributed by atoms with van der Waals surface area (Å²) in [5, 5.41) is 181. The first-order chi connectivity index (χ1) is 46.2. The highest BCUT2D eigenvalue weighted by atomic mass is 16.8. The maximum Gasteiger partial charge on any atom is 0.220 e. The lowest BCUT2D eigenvalue weighted by Gasteiger charge is -2.50. The number of unbranched alkanes of at least 4 members (excludes halogenated alkanes) is 23. The van der Waals surface area contributed by atoms with Crippen LogP contribution in [0, 0.1) is 0 Å². The minimum absolute atomic E-state index is 0.198. The zero-order chi connectivity index (χ0) is 70.3. The molecule has 5 aliphatic rings. The van der Waals surface area contributed by atoms with Gasteiger partial charge in [-0.1, -0.05) is 167 Å². The van der Waals surface area contributed by atoms with Gasteiger partial charge in [-0.3, -0.25) is 9.59 Å². The molecule has 0 aromatic rings. The molecule has 0 bridgehead atoms. The second kappa shape index (κ2) is 45.6. The smallest absolute Gasteiger partial charge is 0.220 e. The van der Waals surface area contributed by atoms with Crippen LogP contribution >= 0.6 is 0 Å². The number of hydrogen-bond donors (Lipinski definition) is 18. The SMILES string of the molecule is CCCCCCCCCCCCCC=CC(O)C(COC1OC(CO)C(OC2OC(CO)C(OC3OC(CO)C(O)C(OC4OC(CO)C(O)C(OC5OC(CO)C(O)C(O)C5O)C4NC(C)=O)C3O)C(O)C2O)C(O)C1O)NC(=O)CCCCCCCCCCCCCCC. The van der Waals surface area contributed by atoms with E-state index in [0.717, 1.165) is 51.9 Å². The summed E-state index contributed by atoms with van der Waals surface area (Å²) < 4.78 is 58.3. The number of nitrogens with one attached hydrogen (secondary N) is 2. The van der Waals surface area contributed by atoms with Crippen LogP contribution < -0.4 is 10.6 Å². The van der Waals surface area contributed by atoms with Crippen molar-refractivity contribution in [3.63, 3.8) is 0 Å². The van der Waals surface area contributed by atoms with Crippen LogP contribution in [0.2, 0.25) is 0 Å². The molecule has 0 radical (unpaired) electrons. The quantitative estimate of drug-likeness (QED) is 0.0252. The number of hydrogen-bond acceptors (Lipinski definition) is 28. The van der Waals surface area contributed by atoms with E-state index < -0.39 is 211 Å². The molecule has 18 N–H and O–H groups in total. The summed E-state index contributed by atoms with van der Waals surface area (Å²) >= 11 is 0. The number of rotatable bonds is 46. The highest BCUT2D eigenvalue weighted by molar-refractivity contribution is 5.76. The first kappa shape index (κ1) is 84.3. The molecular weight excluding hydrogens is 1270 g/mol. The van der Waals surface area contributed by atoms with Crippen LogP contribution in [0.5, 0.6) is 0 Å². The summed E-state index contributed by atoms with van der Waals surface area (Å²) in [6, 6.07) is -2.74. The molecule has 5 heterocycles. The molecule has 5 aliphatic heterocycles. The number of amides is 2. The van der Waals surface area contributed by atoms with Crippen molar-refractivity contribution in [1.29, 1.82) is 0 Å². The third-order valence-corrected chi connectivity index (χ3v) is 18.7. The lowest BCUT2D eigenvalue weighted by Crippen LogP contribution is -2.70. The Morgan fingerprint density at radius 2 is 0.771 bits per heavy atom. The summed E-state index contributed by atoms with van der Waals surface area (Å²) in [4.78, 5) is 26.1. The van der Waals surface area contributed by atoms with E-state index in [1.54, 1.807) is 6.08 Å². The van der Waals surface area contributed by atoms with Gasteiger partial charge in [-0.15, -0.1) is 0 Å². The van der Waals surface area contributed by atoms with Crippen molar-refractivity contribution in [2.45, 2.75) is 353 Å². The monoisotopic (exact) mass is 1390 g/mol. The summed E-state index contributed by atoms with van der Waals surface area (Å²) in [7, 11) is 0. The summed E-state index contributed by atoms with van der Waals surface area (Å²) in [5.74, 6) is -1.14. The van der Waals surface area contributed by atoms with E-state index in [0.29, 0.717) is 12.8 Å². The number of aliphatic hydroxyl groups excluding tert-OH is 16. The van der Waals surface area contributed by atoms with Crippen LogP contribution in [0.15, 0.2) is 12.2 Å². The van der Waals surface area contributed by atoms with Gasteiger partial charge in [0.15, 0.2) is 31.5 Å². The van der Waals surface area contributed by atoms with Crippen LogP contribution in [-0.4, -0.2) is 299 Å². The van der Waals surface area contributed by atoms with E-state index >= 15 is 0 Å². The van der Waals surface area contributed by atoms with E-state index in [-0.39, 0.29) is 12.3 Å². The number of carbonyl (C=O) groups is 2. The molecule has 5 saturated heterocycles. The van der Waals surface area contributed by atoms with Crippen molar-refractivity contribution in [2.24, 2.45) is 0 Å². The molecule has 5 fully saturated rings. The second-order valence-electron chi connectivity index (χ2n) is 26.4. The third-order valence-electron chi connectivity index (χ3n) is 18.7. The van der Waals surface area contributed by atoms with E-state index in [1.807, 2.05) is 6.08 Å². The highest BCUT2D eigenvalue weighted by Crippen LogP contribution is 2.36. The molecule has 0 spiro atoms. The largest absolute Gasteiger partial charge is 0.394 e. The van der Waals surface area contributed by atoms with Gasteiger partial charge in [-0.2, -0.15) is 0 Å². The molecule has 30 heteroatoms. The van der Waals surface area contributed by atoms with E-state index in [2.05, 4.69) is 24.5 Å². The molecule has 27 atom stereocenters. The van der Waals surface area contributed by atoms with Crippen molar-refractivity contribution in [2.75, 3.05) is 39.6 Å². The van der Waals surface area contributed by atoms with Gasteiger partial charge in [-0.05, 0) is 19.3 Å². The van der Waals surface area contributed by atoms with E-state index in [4.69, 9.17) is 47.4 Å². The fraction of sp³-hybridized carbons (Fsp3) is 0.939. The normalized spacial score (nSPS) is 36.6. The fourth-order valence-electron chi connectivity index (χ4n) is 12.9. The number of allylic oxidation sites excluding steroid dienone is 1. The lowest BCUT2D eigenvalue weighted by atomic mass is 9.94. The first-order valence-electron chi connectivity index (χ1n) is 35.5. The standard InChI is InChI=1S/C66H120N2O28/c1-4-6-8-10-12-14-16-18-20-22-24-26-28-30-40(75)39(68-46(76)31-29-27-25-23-21-19-17-15-13-11-9-7-5-2)37-87-63-55(84)52(81)58(44(35-72)91-63)93-65-56(85)53(82)59(45(36-73)92-65)94-66-57(86)61(50(79)43(34-71)90-66)96-62-47(67-38(3)74)60(49(78)42(33-70)88-62)95-64-54(83)51(80)48(77)41(32-69)89-64/h28,30,39-45,47-66,69-73,75,77-86H,4-27,29,31-37H2,1-3H3,(H,67,74)(H,68,76). The minimum atomic E-state index is -2.19. The highest BCUT2D eigenvalue weighted by Gasteiger charge is 2.57. The van der Waals surface area contributed by atoms with Crippen molar-refractivity contribution >= 4 is 11.8 Å². The molecule has 96 heavy (non-hydrogen) atoms. The Kier molecular flexibility index (Phi) is 40.0. The van der Waals surface area contributed by atoms with E-state index in [9.17, 15) is 91.3 Å². The Morgan fingerprint density at radius 1 is 0.406 bits per heavy atom. The Hall–Kier alpha value is -2.36. The maximum atomic E-state index is 13.4. The predicted octanol–water partition coefficient (Wildman–Crippen LogP) is -1.17. The molecule has 562 valence electrons. The van der Waals surface area contributed by atoms with Crippen molar-refractivity contribution in [3.8, 4) is 0 Å². The van der Waals surface area contributed by atoms with Crippen LogP contribution in [0.25, 0.3) is 0 Å². The first-order valence-corrected chi connectivity index (χ1v) is 35.5. The van der Waals surface area contributed by atoms with Gasteiger partial charge in [0.1, 0.15) is 122 Å². The number of ether oxygens (including phenoxy) is 10. The van der Waals surface area contributed by atoms with Crippen molar-refractivity contribution in [3.05, 3.63) is 12.2 Å². The zero-order valence-electron chi connectivity index (χ0n) is 56.4. The Labute approximate surface area is 564 Å². The fourth-order valence-corrected chi connectivity index (χ4v) is 12.9. The minimum Gasteiger partial charge on any atom is -0.394 e. The van der Waals surface area contributed by atoms with Crippen LogP contribution in [-0.2, 0) is 57.0 Å². The molecule has 5 rings (SSSR count). The van der Waals surface area contributed by atoms with Crippen LogP contribution in [0.4, 0.5) is 0 Å². The summed E-state index contributed by atoms with van der Waals surface area (Å²) in [6.45, 7) is 0.320. The molecule has 27 unspecified atom stereocenters. The third kappa shape index (κ3) is 25.9. The average Bonchev–Trinajstić information content (AvgIpc) is 0.783.